The summed E-state index contributed by atoms with van der Waals surface area (Å²) in [6, 6.07) is 0. The fourth-order valence-electron chi connectivity index (χ4n) is 1.21. The van der Waals surface area contributed by atoms with Crippen molar-refractivity contribution >= 4 is 21.6 Å². The second-order valence-corrected chi connectivity index (χ2v) is 5.34. The minimum Gasteiger partial charge on any atom is -0.396 e. The van der Waals surface area contributed by atoms with E-state index in [9.17, 15) is 8.42 Å². The zero-order valence-electron chi connectivity index (χ0n) is 8.85. The van der Waals surface area contributed by atoms with Crippen LogP contribution in [0, 0.1) is 0 Å². The summed E-state index contributed by atoms with van der Waals surface area (Å²) in [7, 11) is -2.11. The summed E-state index contributed by atoms with van der Waals surface area (Å²) in [5.74, 6) is 0. The molecule has 0 aliphatic rings. The number of nitrogens with one attached hydrogen (secondary N) is 1. The van der Waals surface area contributed by atoms with Gasteiger partial charge in [-0.3, -0.25) is 4.68 Å². The number of hydrogen-bond acceptors (Lipinski definition) is 4. The topological polar surface area (TPSA) is 84.2 Å². The second kappa shape index (κ2) is 5.62. The van der Waals surface area contributed by atoms with Crippen LogP contribution in [0.2, 0.25) is 5.02 Å². The van der Waals surface area contributed by atoms with Gasteiger partial charge in [0, 0.05) is 20.2 Å². The summed E-state index contributed by atoms with van der Waals surface area (Å²) in [5.41, 5.74) is 0. The first kappa shape index (κ1) is 13.4. The summed E-state index contributed by atoms with van der Waals surface area (Å²) in [6.45, 7) is 0.318. The molecule has 0 radical (unpaired) electrons. The van der Waals surface area contributed by atoms with Gasteiger partial charge in [-0.05, 0) is 12.8 Å². The monoisotopic (exact) mass is 267 g/mol. The number of nitrogens with zero attached hydrogens (tertiary/aromatic N) is 2. The van der Waals surface area contributed by atoms with Crippen LogP contribution in [0.3, 0.4) is 0 Å². The third kappa shape index (κ3) is 3.18. The van der Waals surface area contributed by atoms with E-state index >= 15 is 0 Å². The fourth-order valence-corrected chi connectivity index (χ4v) is 2.94. The lowest BCUT2D eigenvalue weighted by Crippen LogP contribution is -2.27. The van der Waals surface area contributed by atoms with Crippen molar-refractivity contribution < 1.29 is 13.5 Å². The van der Waals surface area contributed by atoms with E-state index in [0.717, 1.165) is 0 Å². The highest BCUT2D eigenvalue weighted by Crippen LogP contribution is 2.19. The Kier molecular flexibility index (Phi) is 4.72. The number of unbranched alkanes of at least 4 members (excludes halogenated alkanes) is 1. The van der Waals surface area contributed by atoms with Crippen molar-refractivity contribution in [3.63, 3.8) is 0 Å². The zero-order valence-corrected chi connectivity index (χ0v) is 10.4. The Morgan fingerprint density at radius 1 is 1.56 bits per heavy atom. The molecule has 0 aliphatic carbocycles. The Hall–Kier alpha value is -0.630. The minimum atomic E-state index is -3.62. The highest BCUT2D eigenvalue weighted by Gasteiger charge is 2.21. The van der Waals surface area contributed by atoms with E-state index in [1.165, 1.54) is 17.9 Å². The molecule has 0 amide bonds. The number of aliphatic hydroxyl groups excluding tert-OH is 1. The van der Waals surface area contributed by atoms with Gasteiger partial charge in [0.25, 0.3) is 10.0 Å². The van der Waals surface area contributed by atoms with Crippen molar-refractivity contribution in [2.24, 2.45) is 7.05 Å². The van der Waals surface area contributed by atoms with Crippen LogP contribution in [0.5, 0.6) is 0 Å². The summed E-state index contributed by atoms with van der Waals surface area (Å²) in [6.07, 6.45) is 2.41. The number of rotatable bonds is 6. The zero-order chi connectivity index (χ0) is 12.2. The minimum absolute atomic E-state index is 0.0434. The molecule has 0 unspecified atom stereocenters. The van der Waals surface area contributed by atoms with Crippen LogP contribution < -0.4 is 4.72 Å². The SMILES string of the molecule is Cn1ncc(Cl)c1S(=O)(=O)NCCCCO. The summed E-state index contributed by atoms with van der Waals surface area (Å²) in [4.78, 5) is 0. The van der Waals surface area contributed by atoms with Gasteiger partial charge in [0.1, 0.15) is 0 Å². The third-order valence-electron chi connectivity index (χ3n) is 1.97. The van der Waals surface area contributed by atoms with Gasteiger partial charge in [-0.1, -0.05) is 11.6 Å². The molecule has 16 heavy (non-hydrogen) atoms. The fraction of sp³-hybridized carbons (Fsp3) is 0.625. The first-order chi connectivity index (χ1) is 7.49. The molecule has 6 nitrogen and oxygen atoms in total. The largest absolute Gasteiger partial charge is 0.396 e. The molecule has 92 valence electrons. The maximum absolute atomic E-state index is 11.8. The van der Waals surface area contributed by atoms with Crippen LogP contribution in [0.15, 0.2) is 11.2 Å². The smallest absolute Gasteiger partial charge is 0.259 e. The summed E-state index contributed by atoms with van der Waals surface area (Å²) >= 11 is 5.73. The standard InChI is InChI=1S/C8H14ClN3O3S/c1-12-8(7(9)6-10-12)16(14,15)11-4-2-3-5-13/h6,11,13H,2-5H2,1H3. The van der Waals surface area contributed by atoms with E-state index in [2.05, 4.69) is 9.82 Å². The Bertz CT molecular complexity index is 424. The number of aryl methyl sites for hydroxylation is 1. The van der Waals surface area contributed by atoms with E-state index in [1.807, 2.05) is 0 Å². The molecule has 1 rings (SSSR count). The highest BCUT2D eigenvalue weighted by atomic mass is 35.5. The maximum Gasteiger partial charge on any atom is 0.259 e. The van der Waals surface area contributed by atoms with E-state index in [1.54, 1.807) is 0 Å². The average Bonchev–Trinajstić information content (AvgIpc) is 2.54. The van der Waals surface area contributed by atoms with Gasteiger partial charge in [0.05, 0.1) is 11.2 Å². The second-order valence-electron chi connectivity index (χ2n) is 3.25. The van der Waals surface area contributed by atoms with E-state index < -0.39 is 10.0 Å². The molecule has 0 saturated carbocycles. The van der Waals surface area contributed by atoms with Gasteiger partial charge in [0.2, 0.25) is 0 Å². The predicted molar refractivity (Wildman–Crippen MR) is 59.7 cm³/mol. The molecular formula is C8H14ClN3O3S. The van der Waals surface area contributed by atoms with Gasteiger partial charge in [-0.25, -0.2) is 13.1 Å². The number of aromatic nitrogens is 2. The third-order valence-corrected chi connectivity index (χ3v) is 3.94. The first-order valence-electron chi connectivity index (χ1n) is 4.77. The van der Waals surface area contributed by atoms with Crippen LogP contribution >= 0.6 is 11.6 Å². The number of hydrogen-bond donors (Lipinski definition) is 2. The van der Waals surface area contributed by atoms with Crippen LogP contribution in [0.1, 0.15) is 12.8 Å². The number of halogens is 1. The quantitative estimate of drug-likeness (QED) is 0.718. The van der Waals surface area contributed by atoms with E-state index in [4.69, 9.17) is 16.7 Å². The van der Waals surface area contributed by atoms with Gasteiger partial charge in [-0.15, -0.1) is 0 Å². The lowest BCUT2D eigenvalue weighted by atomic mass is 10.3. The maximum atomic E-state index is 11.8. The Morgan fingerprint density at radius 2 is 2.25 bits per heavy atom. The Morgan fingerprint density at radius 3 is 2.75 bits per heavy atom. The molecular weight excluding hydrogens is 254 g/mol. The molecule has 1 heterocycles. The predicted octanol–water partition coefficient (Wildman–Crippen LogP) is 0.124. The van der Waals surface area contributed by atoms with Crippen molar-refractivity contribution in [2.75, 3.05) is 13.2 Å². The van der Waals surface area contributed by atoms with Crippen molar-refractivity contribution in [3.8, 4) is 0 Å². The molecule has 8 heteroatoms. The molecule has 0 bridgehead atoms. The van der Waals surface area contributed by atoms with Crippen LogP contribution in [-0.4, -0.2) is 36.5 Å². The van der Waals surface area contributed by atoms with E-state index in [0.29, 0.717) is 12.8 Å². The molecule has 1 aromatic rings. The van der Waals surface area contributed by atoms with Crippen LogP contribution in [0.4, 0.5) is 0 Å². The van der Waals surface area contributed by atoms with E-state index in [-0.39, 0.29) is 23.2 Å². The van der Waals surface area contributed by atoms with Crippen molar-refractivity contribution in [1.29, 1.82) is 0 Å². The Labute approximate surface area is 99.3 Å². The van der Waals surface area contributed by atoms with Crippen molar-refractivity contribution in [3.05, 3.63) is 11.2 Å². The molecule has 0 aromatic carbocycles. The lowest BCUT2D eigenvalue weighted by molar-refractivity contribution is 0.285. The van der Waals surface area contributed by atoms with Crippen molar-refractivity contribution in [1.82, 2.24) is 14.5 Å². The van der Waals surface area contributed by atoms with Crippen molar-refractivity contribution in [2.45, 2.75) is 17.9 Å². The molecule has 2 N–H and O–H groups in total. The normalized spacial score (nSPS) is 11.9. The molecule has 0 atom stereocenters. The summed E-state index contributed by atoms with van der Waals surface area (Å²) < 4.78 is 27.2. The molecule has 0 spiro atoms. The van der Waals surface area contributed by atoms with Gasteiger partial charge < -0.3 is 5.11 Å². The molecule has 0 saturated heterocycles. The van der Waals surface area contributed by atoms with Gasteiger partial charge >= 0.3 is 0 Å². The lowest BCUT2D eigenvalue weighted by Gasteiger charge is -2.06. The molecule has 0 fully saturated rings. The Balaban J connectivity index is 2.71. The number of aliphatic hydroxyl groups is 1. The van der Waals surface area contributed by atoms with Gasteiger partial charge in [0.15, 0.2) is 5.03 Å². The molecule has 0 aliphatic heterocycles. The first-order valence-corrected chi connectivity index (χ1v) is 6.63. The average molecular weight is 268 g/mol. The molecule has 1 aromatic heterocycles. The number of sulfonamides is 1. The van der Waals surface area contributed by atoms with Crippen LogP contribution in [0.25, 0.3) is 0 Å². The summed E-state index contributed by atoms with van der Waals surface area (Å²) in [5, 5.41) is 12.4. The highest BCUT2D eigenvalue weighted by molar-refractivity contribution is 7.89. The van der Waals surface area contributed by atoms with Gasteiger partial charge in [-0.2, -0.15) is 5.10 Å². The van der Waals surface area contributed by atoms with Crippen LogP contribution in [-0.2, 0) is 17.1 Å².